The Morgan fingerprint density at radius 1 is 0.509 bits per heavy atom. The van der Waals surface area contributed by atoms with E-state index in [2.05, 4.69) is 60.9 Å². The Morgan fingerprint density at radius 3 is 1.40 bits per heavy atom. The summed E-state index contributed by atoms with van der Waals surface area (Å²) >= 11 is 0. The van der Waals surface area contributed by atoms with Gasteiger partial charge in [-0.15, -0.1) is 0 Å². The zero-order valence-electron chi connectivity index (χ0n) is 35.5. The summed E-state index contributed by atoms with van der Waals surface area (Å²) in [6.07, 6.45) is 34.8. The van der Waals surface area contributed by atoms with Crippen molar-refractivity contribution < 1.29 is 19.1 Å². The molecule has 0 bridgehead atoms. The molecular weight excluding hydrogens is 681 g/mol. The molecule has 0 radical (unpaired) electrons. The molecular formula is C49H80N2O4. The molecule has 2 rings (SSSR count). The zero-order chi connectivity index (χ0) is 39.6. The topological polar surface area (TPSA) is 84.5 Å². The third kappa shape index (κ3) is 24.9. The molecule has 0 aliphatic heterocycles. The summed E-state index contributed by atoms with van der Waals surface area (Å²) in [6, 6.07) is 15.6. The summed E-state index contributed by atoms with van der Waals surface area (Å²) < 4.78 is 5.05. The predicted octanol–water partition coefficient (Wildman–Crippen LogP) is 13.1. The van der Waals surface area contributed by atoms with Crippen LogP contribution in [-0.2, 0) is 32.1 Å². The summed E-state index contributed by atoms with van der Waals surface area (Å²) in [7, 11) is 1.37. The monoisotopic (exact) mass is 761 g/mol. The van der Waals surface area contributed by atoms with Crippen molar-refractivity contribution >= 4 is 17.8 Å². The van der Waals surface area contributed by atoms with Gasteiger partial charge in [0.05, 0.1) is 7.11 Å². The van der Waals surface area contributed by atoms with Crippen LogP contribution in [0.15, 0.2) is 48.5 Å². The van der Waals surface area contributed by atoms with Crippen molar-refractivity contribution in [3.05, 3.63) is 59.7 Å². The van der Waals surface area contributed by atoms with Gasteiger partial charge in [-0.3, -0.25) is 9.59 Å². The molecule has 0 aliphatic carbocycles. The van der Waals surface area contributed by atoms with Crippen LogP contribution in [0.4, 0.5) is 0 Å². The quantitative estimate of drug-likeness (QED) is 0.0541. The van der Waals surface area contributed by atoms with E-state index >= 15 is 0 Å². The lowest BCUT2D eigenvalue weighted by Gasteiger charge is -2.17. The number of carbonyl (C=O) groups is 3. The maximum Gasteiger partial charge on any atom is 0.328 e. The number of hydrogen-bond donors (Lipinski definition) is 2. The summed E-state index contributed by atoms with van der Waals surface area (Å²) in [5.74, 6) is -0.400. The fraction of sp³-hybridized carbons (Fsp3) is 0.694. The van der Waals surface area contributed by atoms with Crippen LogP contribution in [0, 0.1) is 0 Å². The van der Waals surface area contributed by atoms with E-state index < -0.39 is 12.0 Å². The molecule has 0 aliphatic rings. The molecule has 0 heterocycles. The van der Waals surface area contributed by atoms with Gasteiger partial charge in [0.15, 0.2) is 0 Å². The first-order valence-electron chi connectivity index (χ1n) is 22.8. The lowest BCUT2D eigenvalue weighted by atomic mass is 9.98. The number of ether oxygens (including phenoxy) is 1. The van der Waals surface area contributed by atoms with Gasteiger partial charge in [0, 0.05) is 25.8 Å². The van der Waals surface area contributed by atoms with Gasteiger partial charge in [0.1, 0.15) is 6.04 Å². The zero-order valence-corrected chi connectivity index (χ0v) is 35.5. The third-order valence-corrected chi connectivity index (χ3v) is 11.0. The van der Waals surface area contributed by atoms with Crippen molar-refractivity contribution in [2.24, 2.45) is 0 Å². The summed E-state index contributed by atoms with van der Waals surface area (Å²) in [5.41, 5.74) is 4.12. The van der Waals surface area contributed by atoms with E-state index in [0.29, 0.717) is 25.8 Å². The van der Waals surface area contributed by atoms with Crippen LogP contribution in [0.2, 0.25) is 0 Å². The van der Waals surface area contributed by atoms with Crippen LogP contribution < -0.4 is 10.6 Å². The number of rotatable bonds is 35. The van der Waals surface area contributed by atoms with E-state index in [1.807, 2.05) is 12.1 Å². The van der Waals surface area contributed by atoms with Gasteiger partial charge in [-0.1, -0.05) is 216 Å². The first kappa shape index (κ1) is 48.0. The van der Waals surface area contributed by atoms with E-state index in [1.165, 1.54) is 142 Å². The van der Waals surface area contributed by atoms with Gasteiger partial charge in [-0.25, -0.2) is 4.79 Å². The minimum absolute atomic E-state index is 0.0957. The van der Waals surface area contributed by atoms with Gasteiger partial charge >= 0.3 is 5.97 Å². The van der Waals surface area contributed by atoms with Crippen molar-refractivity contribution in [2.75, 3.05) is 7.11 Å². The minimum atomic E-state index is -0.722. The Morgan fingerprint density at radius 2 is 0.945 bits per heavy atom. The minimum Gasteiger partial charge on any atom is -0.467 e. The Kier molecular flexibility index (Phi) is 28.8. The maximum atomic E-state index is 12.8. The number of hydrogen-bond acceptors (Lipinski definition) is 4. The van der Waals surface area contributed by atoms with Crippen molar-refractivity contribution in [3.8, 4) is 11.1 Å². The van der Waals surface area contributed by atoms with E-state index in [0.717, 1.165) is 54.4 Å². The number of benzene rings is 2. The smallest absolute Gasteiger partial charge is 0.328 e. The van der Waals surface area contributed by atoms with Crippen LogP contribution in [0.5, 0.6) is 0 Å². The molecule has 6 heteroatoms. The van der Waals surface area contributed by atoms with E-state index in [9.17, 15) is 14.4 Å². The maximum absolute atomic E-state index is 12.8. The molecule has 0 aromatic heterocycles. The highest BCUT2D eigenvalue weighted by Gasteiger charge is 2.22. The van der Waals surface area contributed by atoms with Gasteiger partial charge in [0.25, 0.3) is 0 Å². The molecule has 0 saturated carbocycles. The van der Waals surface area contributed by atoms with Crippen LogP contribution in [0.3, 0.4) is 0 Å². The molecule has 55 heavy (non-hydrogen) atoms. The number of carbonyl (C=O) groups excluding carboxylic acids is 3. The van der Waals surface area contributed by atoms with Crippen LogP contribution >= 0.6 is 0 Å². The van der Waals surface area contributed by atoms with E-state index in [1.54, 1.807) is 0 Å². The molecule has 0 unspecified atom stereocenters. The summed E-state index contributed by atoms with van der Waals surface area (Å²) in [5, 5.41) is 6.02. The standard InChI is InChI=1S/C49H80N2O4/c1-4-6-8-10-12-14-16-18-20-22-24-26-28-33-47(52)50-41-42-35-37-44(38-36-42)45-32-30-31-43(39-45)40-46(49(54)55-3)51-48(53)34-29-27-25-23-21-19-17-15-13-11-9-7-5-2/h30-32,35-39,46H,4-29,33-34,40-41H2,1-3H3,(H,50,52)(H,51,53)/t46-/m0/s1. The highest BCUT2D eigenvalue weighted by atomic mass is 16.5. The van der Waals surface area contributed by atoms with E-state index in [4.69, 9.17) is 4.74 Å². The second-order valence-electron chi connectivity index (χ2n) is 16.0. The lowest BCUT2D eigenvalue weighted by Crippen LogP contribution is -2.43. The molecule has 0 saturated heterocycles. The van der Waals surface area contributed by atoms with Crippen molar-refractivity contribution in [1.29, 1.82) is 0 Å². The molecule has 1 atom stereocenters. The molecule has 2 N–H and O–H groups in total. The Hall–Kier alpha value is -3.15. The largest absolute Gasteiger partial charge is 0.467 e. The Balaban J connectivity index is 1.64. The van der Waals surface area contributed by atoms with E-state index in [-0.39, 0.29) is 11.8 Å². The molecule has 6 nitrogen and oxygen atoms in total. The first-order valence-corrected chi connectivity index (χ1v) is 22.8. The molecule has 2 amide bonds. The second kappa shape index (κ2) is 33.0. The average Bonchev–Trinajstić information content (AvgIpc) is 3.20. The molecule has 310 valence electrons. The highest BCUT2D eigenvalue weighted by molar-refractivity contribution is 5.84. The summed E-state index contributed by atoms with van der Waals surface area (Å²) in [4.78, 5) is 37.9. The Labute approximate surface area is 337 Å². The Bertz CT molecular complexity index is 1260. The van der Waals surface area contributed by atoms with Gasteiger partial charge in [-0.05, 0) is 35.1 Å². The van der Waals surface area contributed by atoms with Gasteiger partial charge in [0.2, 0.25) is 11.8 Å². The summed E-state index contributed by atoms with van der Waals surface area (Å²) in [6.45, 7) is 5.06. The van der Waals surface area contributed by atoms with Gasteiger partial charge in [-0.2, -0.15) is 0 Å². The van der Waals surface area contributed by atoms with Crippen LogP contribution in [0.1, 0.15) is 205 Å². The average molecular weight is 761 g/mol. The molecule has 0 fully saturated rings. The fourth-order valence-corrected chi connectivity index (χ4v) is 7.43. The normalized spacial score (nSPS) is 11.7. The van der Waals surface area contributed by atoms with Crippen LogP contribution in [0.25, 0.3) is 11.1 Å². The van der Waals surface area contributed by atoms with Crippen molar-refractivity contribution in [3.63, 3.8) is 0 Å². The van der Waals surface area contributed by atoms with Gasteiger partial charge < -0.3 is 15.4 Å². The molecule has 2 aromatic carbocycles. The third-order valence-electron chi connectivity index (χ3n) is 11.0. The number of amides is 2. The van der Waals surface area contributed by atoms with Crippen molar-refractivity contribution in [1.82, 2.24) is 10.6 Å². The SMILES string of the molecule is CCCCCCCCCCCCCCCC(=O)NCc1ccc(-c2cccc(C[C@H](NC(=O)CCCCCCCCCCCCCCC)C(=O)OC)c2)cc1. The first-order chi connectivity index (χ1) is 27.0. The number of esters is 1. The van der Waals surface area contributed by atoms with Crippen molar-refractivity contribution in [2.45, 2.75) is 213 Å². The molecule has 0 spiro atoms. The van der Waals surface area contributed by atoms with Crippen LogP contribution in [-0.4, -0.2) is 30.9 Å². The number of nitrogens with one attached hydrogen (secondary N) is 2. The highest BCUT2D eigenvalue weighted by Crippen LogP contribution is 2.22. The second-order valence-corrected chi connectivity index (χ2v) is 16.0. The predicted molar refractivity (Wildman–Crippen MR) is 232 cm³/mol. The number of methoxy groups -OCH3 is 1. The fourth-order valence-electron chi connectivity index (χ4n) is 7.43. The lowest BCUT2D eigenvalue weighted by molar-refractivity contribution is -0.145. The number of unbranched alkanes of at least 4 members (excludes halogenated alkanes) is 24. The molecule has 2 aromatic rings.